The number of hydrogen-bond acceptors (Lipinski definition) is 0. The van der Waals surface area contributed by atoms with E-state index in [2.05, 4.69) is 37.3 Å². The van der Waals surface area contributed by atoms with Crippen molar-refractivity contribution in [1.29, 1.82) is 0 Å². The van der Waals surface area contributed by atoms with E-state index < -0.39 is 0 Å². The molecule has 0 saturated heterocycles. The number of unbranched alkanes of at least 4 members (excludes halogenated alkanes) is 4. The van der Waals surface area contributed by atoms with Crippen molar-refractivity contribution in [3.05, 3.63) is 35.9 Å². The van der Waals surface area contributed by atoms with Crippen molar-refractivity contribution in [2.75, 3.05) is 0 Å². The summed E-state index contributed by atoms with van der Waals surface area (Å²) in [4.78, 5) is 0. The fourth-order valence-electron chi connectivity index (χ4n) is 5.31. The maximum atomic E-state index is 2.35. The maximum absolute atomic E-state index is 2.35. The van der Waals surface area contributed by atoms with Crippen molar-refractivity contribution in [3.63, 3.8) is 0 Å². The van der Waals surface area contributed by atoms with Gasteiger partial charge in [-0.3, -0.25) is 0 Å². The van der Waals surface area contributed by atoms with Crippen LogP contribution in [-0.2, 0) is 0 Å². The second-order valence-electron chi connectivity index (χ2n) is 8.32. The molecule has 1 aromatic rings. The molecule has 0 aliphatic heterocycles. The van der Waals surface area contributed by atoms with Gasteiger partial charge < -0.3 is 0 Å². The molecule has 128 valence electrons. The minimum atomic E-state index is 0.850. The molecule has 0 amide bonds. The van der Waals surface area contributed by atoms with Crippen molar-refractivity contribution < 1.29 is 0 Å². The molecule has 3 rings (SSSR count). The first-order valence-corrected chi connectivity index (χ1v) is 10.4. The molecule has 2 saturated carbocycles. The van der Waals surface area contributed by atoms with Gasteiger partial charge in [0.15, 0.2) is 0 Å². The zero-order valence-electron chi connectivity index (χ0n) is 15.2. The van der Waals surface area contributed by atoms with E-state index in [1.165, 1.54) is 70.6 Å². The summed E-state index contributed by atoms with van der Waals surface area (Å²) < 4.78 is 0. The molecule has 4 unspecified atom stereocenters. The third kappa shape index (κ3) is 4.85. The van der Waals surface area contributed by atoms with Gasteiger partial charge in [-0.2, -0.15) is 0 Å². The van der Waals surface area contributed by atoms with E-state index in [4.69, 9.17) is 0 Å². The Morgan fingerprint density at radius 3 is 2.35 bits per heavy atom. The summed E-state index contributed by atoms with van der Waals surface area (Å²) in [7, 11) is 0. The highest BCUT2D eigenvalue weighted by molar-refractivity contribution is 5.20. The van der Waals surface area contributed by atoms with Gasteiger partial charge in [0.1, 0.15) is 0 Å². The fraction of sp³-hybridized carbons (Fsp3) is 0.739. The SMILES string of the molecule is CCCCCCCC1CCC2CC(c3ccccc3)CCC2C1. The molecule has 0 nitrogen and oxygen atoms in total. The summed E-state index contributed by atoms with van der Waals surface area (Å²) in [6.45, 7) is 2.31. The van der Waals surface area contributed by atoms with Crippen molar-refractivity contribution in [2.24, 2.45) is 17.8 Å². The highest BCUT2D eigenvalue weighted by Crippen LogP contribution is 2.48. The van der Waals surface area contributed by atoms with Gasteiger partial charge >= 0.3 is 0 Å². The molecule has 0 heteroatoms. The Bertz CT molecular complexity index is 435. The van der Waals surface area contributed by atoms with Crippen LogP contribution >= 0.6 is 0 Å². The minimum Gasteiger partial charge on any atom is -0.0654 e. The van der Waals surface area contributed by atoms with Crippen molar-refractivity contribution in [1.82, 2.24) is 0 Å². The summed E-state index contributed by atoms with van der Waals surface area (Å²) in [5, 5.41) is 0. The summed E-state index contributed by atoms with van der Waals surface area (Å²) in [5.74, 6) is 4.00. The number of hydrogen-bond donors (Lipinski definition) is 0. The lowest BCUT2D eigenvalue weighted by atomic mass is 9.63. The van der Waals surface area contributed by atoms with Gasteiger partial charge in [-0.25, -0.2) is 0 Å². The molecule has 0 bridgehead atoms. The van der Waals surface area contributed by atoms with Crippen molar-refractivity contribution >= 4 is 0 Å². The van der Waals surface area contributed by atoms with Gasteiger partial charge in [0, 0.05) is 0 Å². The summed E-state index contributed by atoms with van der Waals surface area (Å²) in [5.41, 5.74) is 1.60. The van der Waals surface area contributed by atoms with Gasteiger partial charge in [0.25, 0.3) is 0 Å². The zero-order chi connectivity index (χ0) is 15.9. The van der Waals surface area contributed by atoms with E-state index in [9.17, 15) is 0 Å². The fourth-order valence-corrected chi connectivity index (χ4v) is 5.31. The van der Waals surface area contributed by atoms with E-state index in [1.807, 2.05) is 0 Å². The predicted octanol–water partition coefficient (Wildman–Crippen LogP) is 7.35. The highest BCUT2D eigenvalue weighted by Gasteiger charge is 2.35. The van der Waals surface area contributed by atoms with E-state index in [0.29, 0.717) is 0 Å². The zero-order valence-corrected chi connectivity index (χ0v) is 15.2. The van der Waals surface area contributed by atoms with Crippen LogP contribution in [0, 0.1) is 17.8 Å². The molecule has 0 aromatic heterocycles. The molecule has 0 N–H and O–H groups in total. The first-order chi connectivity index (χ1) is 11.4. The third-order valence-electron chi connectivity index (χ3n) is 6.71. The van der Waals surface area contributed by atoms with Crippen LogP contribution in [0.2, 0.25) is 0 Å². The van der Waals surface area contributed by atoms with E-state index >= 15 is 0 Å². The number of benzene rings is 1. The summed E-state index contributed by atoms with van der Waals surface area (Å²) in [6, 6.07) is 11.3. The normalized spacial score (nSPS) is 30.8. The predicted molar refractivity (Wildman–Crippen MR) is 101 cm³/mol. The van der Waals surface area contributed by atoms with Crippen LogP contribution in [0.3, 0.4) is 0 Å². The Morgan fingerprint density at radius 2 is 1.52 bits per heavy atom. The monoisotopic (exact) mass is 312 g/mol. The van der Waals surface area contributed by atoms with Crippen molar-refractivity contribution in [3.8, 4) is 0 Å². The van der Waals surface area contributed by atoms with E-state index in [-0.39, 0.29) is 0 Å². The van der Waals surface area contributed by atoms with Gasteiger partial charge in [-0.15, -0.1) is 0 Å². The van der Waals surface area contributed by atoms with E-state index in [1.54, 1.807) is 12.0 Å². The van der Waals surface area contributed by atoms with Crippen LogP contribution in [0.25, 0.3) is 0 Å². The first-order valence-electron chi connectivity index (χ1n) is 10.4. The lowest BCUT2D eigenvalue weighted by molar-refractivity contribution is 0.113. The van der Waals surface area contributed by atoms with Crippen LogP contribution in [0.5, 0.6) is 0 Å². The van der Waals surface area contributed by atoms with Crippen LogP contribution in [0.15, 0.2) is 30.3 Å². The van der Waals surface area contributed by atoms with Gasteiger partial charge in [-0.05, 0) is 61.3 Å². The molecule has 0 spiro atoms. The largest absolute Gasteiger partial charge is 0.0654 e. The Labute approximate surface area is 144 Å². The Morgan fingerprint density at radius 1 is 0.783 bits per heavy atom. The van der Waals surface area contributed by atoms with Crippen LogP contribution < -0.4 is 0 Å². The second-order valence-corrected chi connectivity index (χ2v) is 8.32. The average molecular weight is 313 g/mol. The molecular formula is C23H36. The molecule has 4 atom stereocenters. The Hall–Kier alpha value is -0.780. The molecule has 2 fully saturated rings. The molecule has 2 aliphatic rings. The Balaban J connectivity index is 1.42. The molecule has 23 heavy (non-hydrogen) atoms. The van der Waals surface area contributed by atoms with Crippen molar-refractivity contribution in [2.45, 2.75) is 89.9 Å². The molecule has 0 radical (unpaired) electrons. The molecule has 0 heterocycles. The average Bonchev–Trinajstić information content (AvgIpc) is 2.62. The maximum Gasteiger partial charge on any atom is -0.0159 e. The molecule has 2 aliphatic carbocycles. The third-order valence-corrected chi connectivity index (χ3v) is 6.71. The smallest absolute Gasteiger partial charge is 0.0159 e. The minimum absolute atomic E-state index is 0.850. The molecule has 1 aromatic carbocycles. The molecular weight excluding hydrogens is 276 g/mol. The standard InChI is InChI=1S/C23H36/c1-2-3-4-5-7-10-19-13-14-23-18-22(16-15-21(23)17-19)20-11-8-6-9-12-20/h6,8-9,11-12,19,21-23H,2-5,7,10,13-18H2,1H3. The summed E-state index contributed by atoms with van der Waals surface area (Å²) in [6.07, 6.45) is 17.8. The van der Waals surface area contributed by atoms with Gasteiger partial charge in [-0.1, -0.05) is 82.2 Å². The number of rotatable bonds is 7. The quantitative estimate of drug-likeness (QED) is 0.462. The highest BCUT2D eigenvalue weighted by atomic mass is 14.4. The second kappa shape index (κ2) is 8.90. The summed E-state index contributed by atoms with van der Waals surface area (Å²) >= 11 is 0. The lowest BCUT2D eigenvalue weighted by Gasteiger charge is -2.42. The first kappa shape index (κ1) is 17.1. The Kier molecular flexibility index (Phi) is 6.60. The lowest BCUT2D eigenvalue weighted by Crippen LogP contribution is -2.30. The topological polar surface area (TPSA) is 0 Å². The van der Waals surface area contributed by atoms with Gasteiger partial charge in [0.05, 0.1) is 0 Å². The van der Waals surface area contributed by atoms with Crippen LogP contribution in [0.4, 0.5) is 0 Å². The van der Waals surface area contributed by atoms with E-state index in [0.717, 1.165) is 23.7 Å². The van der Waals surface area contributed by atoms with Crippen LogP contribution in [0.1, 0.15) is 95.5 Å². The van der Waals surface area contributed by atoms with Gasteiger partial charge in [0.2, 0.25) is 0 Å². The van der Waals surface area contributed by atoms with Crippen LogP contribution in [-0.4, -0.2) is 0 Å². The number of fused-ring (bicyclic) bond motifs is 1.